The minimum atomic E-state index is -0.0210. The predicted octanol–water partition coefficient (Wildman–Crippen LogP) is 7.63. The molecule has 0 radical (unpaired) electrons. The van der Waals surface area contributed by atoms with Gasteiger partial charge in [0.15, 0.2) is 11.6 Å². The first-order valence-electron chi connectivity index (χ1n) is 13.3. The Balaban J connectivity index is 1.16. The van der Waals surface area contributed by atoms with Gasteiger partial charge in [0.2, 0.25) is 0 Å². The van der Waals surface area contributed by atoms with Gasteiger partial charge >= 0.3 is 0 Å². The summed E-state index contributed by atoms with van der Waals surface area (Å²) in [4.78, 5) is 24.8. The largest absolute Gasteiger partial charge is 0.494 e. The first-order valence-corrected chi connectivity index (χ1v) is 13.3. The summed E-state index contributed by atoms with van der Waals surface area (Å²) >= 11 is 0. The average molecular weight is 519 g/mol. The lowest BCUT2D eigenvalue weighted by Gasteiger charge is -2.08. The molecule has 0 saturated carbocycles. The van der Waals surface area contributed by atoms with Crippen molar-refractivity contribution in [2.45, 2.75) is 32.1 Å². The highest BCUT2D eigenvalue weighted by Crippen LogP contribution is 2.23. The lowest BCUT2D eigenvalue weighted by atomic mass is 10.0. The topological polar surface area (TPSA) is 95.4 Å². The zero-order chi connectivity index (χ0) is 27.5. The van der Waals surface area contributed by atoms with Gasteiger partial charge in [0, 0.05) is 28.9 Å². The number of nitrogens with two attached hydrogens (primary N) is 2. The predicted molar refractivity (Wildman–Crippen MR) is 160 cm³/mol. The number of anilines is 2. The quantitative estimate of drug-likeness (QED) is 0.0821. The third-order valence-electron chi connectivity index (χ3n) is 6.45. The third kappa shape index (κ3) is 8.44. The van der Waals surface area contributed by atoms with Gasteiger partial charge in [0.25, 0.3) is 0 Å². The van der Waals surface area contributed by atoms with Crippen molar-refractivity contribution in [2.24, 2.45) is 0 Å². The molecule has 0 amide bonds. The van der Waals surface area contributed by atoms with Gasteiger partial charge in [-0.2, -0.15) is 0 Å². The molecule has 0 unspecified atom stereocenters. The Morgan fingerprint density at radius 1 is 0.667 bits per heavy atom. The van der Waals surface area contributed by atoms with Crippen molar-refractivity contribution in [1.82, 2.24) is 0 Å². The van der Waals surface area contributed by atoms with Crippen LogP contribution in [0.25, 0.3) is 17.2 Å². The van der Waals surface area contributed by atoms with Crippen LogP contribution in [-0.4, -0.2) is 18.2 Å². The van der Waals surface area contributed by atoms with Crippen LogP contribution < -0.4 is 16.2 Å². The molecular formula is C34H34N2O3. The van der Waals surface area contributed by atoms with E-state index in [1.165, 1.54) is 0 Å². The van der Waals surface area contributed by atoms with Crippen molar-refractivity contribution in [3.8, 4) is 16.9 Å². The first-order chi connectivity index (χ1) is 19.0. The number of Topliss-reactive ketones (excluding diaryl/α,β-unsaturated/α-hetero) is 1. The maximum absolute atomic E-state index is 12.5. The van der Waals surface area contributed by atoms with E-state index in [-0.39, 0.29) is 11.6 Å². The van der Waals surface area contributed by atoms with Crippen LogP contribution in [0, 0.1) is 0 Å². The minimum absolute atomic E-state index is 0.0210. The fraction of sp³-hybridized carbons (Fsp3) is 0.176. The molecule has 4 N–H and O–H groups in total. The van der Waals surface area contributed by atoms with E-state index in [1.54, 1.807) is 24.3 Å². The molecule has 0 aliphatic carbocycles. The van der Waals surface area contributed by atoms with Crippen molar-refractivity contribution in [1.29, 1.82) is 0 Å². The van der Waals surface area contributed by atoms with E-state index in [0.29, 0.717) is 35.5 Å². The van der Waals surface area contributed by atoms with Gasteiger partial charge < -0.3 is 16.2 Å². The molecule has 0 spiro atoms. The van der Waals surface area contributed by atoms with E-state index < -0.39 is 0 Å². The monoisotopic (exact) mass is 518 g/mol. The molecule has 0 aromatic heterocycles. The molecule has 0 aliphatic heterocycles. The number of allylic oxidation sites excluding steroid dienone is 1. The number of benzene rings is 4. The highest BCUT2D eigenvalue weighted by molar-refractivity contribution is 6.07. The molecule has 0 fully saturated rings. The summed E-state index contributed by atoms with van der Waals surface area (Å²) in [6.07, 6.45) is 7.64. The molecule has 5 heteroatoms. The summed E-state index contributed by atoms with van der Waals surface area (Å²) in [7, 11) is 0. The Bertz CT molecular complexity index is 1390. The molecule has 4 aromatic rings. The van der Waals surface area contributed by atoms with E-state index in [0.717, 1.165) is 48.1 Å². The van der Waals surface area contributed by atoms with Gasteiger partial charge in [-0.15, -0.1) is 0 Å². The summed E-state index contributed by atoms with van der Waals surface area (Å²) in [6.45, 7) is 0.631. The number of ketones is 2. The van der Waals surface area contributed by atoms with E-state index in [4.69, 9.17) is 16.2 Å². The number of unbranched alkanes of at least 4 members (excludes halogenated alkanes) is 3. The average Bonchev–Trinajstić information content (AvgIpc) is 2.96. The molecule has 5 nitrogen and oxygen atoms in total. The highest BCUT2D eigenvalue weighted by atomic mass is 16.5. The van der Waals surface area contributed by atoms with Gasteiger partial charge in [0.05, 0.1) is 6.61 Å². The van der Waals surface area contributed by atoms with Crippen LogP contribution in [-0.2, 0) is 0 Å². The molecule has 0 bridgehead atoms. The smallest absolute Gasteiger partial charge is 0.185 e. The van der Waals surface area contributed by atoms with Crippen molar-refractivity contribution in [3.63, 3.8) is 0 Å². The lowest BCUT2D eigenvalue weighted by molar-refractivity contribution is 0.0978. The van der Waals surface area contributed by atoms with Crippen LogP contribution in [0.1, 0.15) is 58.4 Å². The summed E-state index contributed by atoms with van der Waals surface area (Å²) < 4.78 is 5.89. The van der Waals surface area contributed by atoms with E-state index in [2.05, 4.69) is 0 Å². The van der Waals surface area contributed by atoms with Crippen molar-refractivity contribution in [2.75, 3.05) is 18.1 Å². The fourth-order valence-corrected chi connectivity index (χ4v) is 4.32. The number of nitrogen functional groups attached to an aromatic ring is 2. The molecular weight excluding hydrogens is 484 g/mol. The van der Waals surface area contributed by atoms with Crippen molar-refractivity contribution < 1.29 is 14.3 Å². The normalized spacial score (nSPS) is 11.0. The zero-order valence-electron chi connectivity index (χ0n) is 22.0. The number of hydrogen-bond acceptors (Lipinski definition) is 5. The van der Waals surface area contributed by atoms with Gasteiger partial charge in [-0.05, 0) is 65.9 Å². The van der Waals surface area contributed by atoms with Crippen LogP contribution in [0.4, 0.5) is 11.4 Å². The van der Waals surface area contributed by atoms with Gasteiger partial charge in [-0.25, -0.2) is 0 Å². The minimum Gasteiger partial charge on any atom is -0.494 e. The maximum atomic E-state index is 12.5. The van der Waals surface area contributed by atoms with Crippen LogP contribution in [0.3, 0.4) is 0 Å². The maximum Gasteiger partial charge on any atom is 0.185 e. The number of carbonyl (C=O) groups is 2. The van der Waals surface area contributed by atoms with Crippen molar-refractivity contribution in [3.05, 3.63) is 120 Å². The summed E-state index contributed by atoms with van der Waals surface area (Å²) in [5.74, 6) is 0.879. The standard InChI is InChI=1S/C34H34N2O3/c35-30-22-29(23-31(36)24-30)33(37)10-6-1-2-7-21-39-32-18-16-27(17-19-32)26-12-14-28(15-13-26)34(38)20-11-25-8-4-3-5-9-25/h3-5,8-9,11-20,22-24H,1-2,6-7,10,21,35-36H2. The Labute approximate surface area is 230 Å². The molecule has 0 aliphatic rings. The fourth-order valence-electron chi connectivity index (χ4n) is 4.32. The molecule has 0 saturated heterocycles. The molecule has 0 atom stereocenters. The second-order valence-corrected chi connectivity index (χ2v) is 9.53. The lowest BCUT2D eigenvalue weighted by Crippen LogP contribution is -2.02. The molecule has 39 heavy (non-hydrogen) atoms. The third-order valence-corrected chi connectivity index (χ3v) is 6.45. The van der Waals surface area contributed by atoms with Crippen molar-refractivity contribution >= 4 is 29.0 Å². The van der Waals surface area contributed by atoms with E-state index in [9.17, 15) is 9.59 Å². The van der Waals surface area contributed by atoms with Crippen LogP contribution >= 0.6 is 0 Å². The van der Waals surface area contributed by atoms with Crippen LogP contribution in [0.15, 0.2) is 103 Å². The number of hydrogen-bond donors (Lipinski definition) is 2. The van der Waals surface area contributed by atoms with E-state index >= 15 is 0 Å². The molecule has 198 valence electrons. The SMILES string of the molecule is Nc1cc(N)cc(C(=O)CCCCCCOc2ccc(-c3ccc(C(=O)C=Cc4ccccc4)cc3)cc2)c1. The zero-order valence-corrected chi connectivity index (χ0v) is 22.0. The first kappa shape index (κ1) is 27.4. The van der Waals surface area contributed by atoms with Crippen LogP contribution in [0.5, 0.6) is 5.75 Å². The second kappa shape index (κ2) is 13.8. The Morgan fingerprint density at radius 2 is 1.28 bits per heavy atom. The van der Waals surface area contributed by atoms with Gasteiger partial charge in [-0.1, -0.05) is 85.6 Å². The summed E-state index contributed by atoms with van der Waals surface area (Å²) in [5, 5.41) is 0. The summed E-state index contributed by atoms with van der Waals surface area (Å²) in [5.41, 5.74) is 16.9. The molecule has 4 aromatic carbocycles. The van der Waals surface area contributed by atoms with Gasteiger partial charge in [-0.3, -0.25) is 9.59 Å². The number of ether oxygens (including phenoxy) is 1. The van der Waals surface area contributed by atoms with Crippen LogP contribution in [0.2, 0.25) is 0 Å². The molecule has 4 rings (SSSR count). The highest BCUT2D eigenvalue weighted by Gasteiger charge is 2.08. The second-order valence-electron chi connectivity index (χ2n) is 9.53. The summed E-state index contributed by atoms with van der Waals surface area (Å²) in [6, 6.07) is 30.4. The Morgan fingerprint density at radius 3 is 1.95 bits per heavy atom. The molecule has 0 heterocycles. The van der Waals surface area contributed by atoms with E-state index in [1.807, 2.05) is 84.9 Å². The Kier molecular flexibility index (Phi) is 9.68. The van der Waals surface area contributed by atoms with Gasteiger partial charge in [0.1, 0.15) is 5.75 Å². The Hall–Kier alpha value is -4.64. The number of carbonyl (C=O) groups excluding carboxylic acids is 2. The number of rotatable bonds is 13.